The predicted octanol–water partition coefficient (Wildman–Crippen LogP) is 2.84. The lowest BCUT2D eigenvalue weighted by Gasteiger charge is -2.21. The van der Waals surface area contributed by atoms with E-state index in [-0.39, 0.29) is 16.5 Å². The Hall–Kier alpha value is -3.24. The van der Waals surface area contributed by atoms with Crippen LogP contribution < -0.4 is 10.6 Å². The second kappa shape index (κ2) is 10.4. The summed E-state index contributed by atoms with van der Waals surface area (Å²) in [4.78, 5) is 36.1. The van der Waals surface area contributed by atoms with Gasteiger partial charge in [0.1, 0.15) is 0 Å². The van der Waals surface area contributed by atoms with Crippen LogP contribution in [0.5, 0.6) is 0 Å². The van der Waals surface area contributed by atoms with Gasteiger partial charge in [0.05, 0.1) is 10.5 Å². The van der Waals surface area contributed by atoms with Crippen molar-refractivity contribution >= 4 is 33.6 Å². The maximum atomic E-state index is 12.6. The number of urea groups is 1. The zero-order valence-electron chi connectivity index (χ0n) is 18.6. The van der Waals surface area contributed by atoms with Crippen LogP contribution in [-0.2, 0) is 19.6 Å². The smallest absolute Gasteiger partial charge is 0.338 e. The van der Waals surface area contributed by atoms with Crippen molar-refractivity contribution in [3.05, 3.63) is 59.2 Å². The predicted molar refractivity (Wildman–Crippen MR) is 120 cm³/mol. The number of imide groups is 1. The maximum Gasteiger partial charge on any atom is 0.338 e. The van der Waals surface area contributed by atoms with Gasteiger partial charge in [0.25, 0.3) is 5.91 Å². The standard InChI is InChI=1S/C22H27N3O6S/c1-14(2)25(5)32(29,30)19-8-6-7-17(12-19)21(27)31-13-20(26)24-22(28)23-18-10-9-15(3)16(4)11-18/h6-12,14H,13H2,1-5H3,(H2,23,24,26,28). The molecule has 2 rings (SSSR count). The molecule has 0 saturated carbocycles. The number of carbonyl (C=O) groups is 3. The van der Waals surface area contributed by atoms with Gasteiger partial charge in [-0.2, -0.15) is 4.31 Å². The monoisotopic (exact) mass is 461 g/mol. The summed E-state index contributed by atoms with van der Waals surface area (Å²) in [7, 11) is -2.34. The van der Waals surface area contributed by atoms with E-state index < -0.39 is 34.5 Å². The fourth-order valence-electron chi connectivity index (χ4n) is 2.59. The van der Waals surface area contributed by atoms with Gasteiger partial charge in [-0.3, -0.25) is 10.1 Å². The number of aryl methyl sites for hydroxylation is 2. The molecule has 0 radical (unpaired) electrons. The van der Waals surface area contributed by atoms with Gasteiger partial charge in [-0.15, -0.1) is 0 Å². The Balaban J connectivity index is 1.95. The van der Waals surface area contributed by atoms with Gasteiger partial charge < -0.3 is 10.1 Å². The number of esters is 1. The summed E-state index contributed by atoms with van der Waals surface area (Å²) in [6, 6.07) is 9.60. The molecule has 0 aliphatic carbocycles. The Morgan fingerprint density at radius 2 is 1.72 bits per heavy atom. The quantitative estimate of drug-likeness (QED) is 0.612. The van der Waals surface area contributed by atoms with E-state index in [1.807, 2.05) is 19.9 Å². The fraction of sp³-hybridized carbons (Fsp3) is 0.318. The van der Waals surface area contributed by atoms with Gasteiger partial charge in [0, 0.05) is 18.8 Å². The van der Waals surface area contributed by atoms with Crippen LogP contribution in [0.3, 0.4) is 0 Å². The highest BCUT2D eigenvalue weighted by Crippen LogP contribution is 2.18. The molecule has 0 aliphatic heterocycles. The van der Waals surface area contributed by atoms with Gasteiger partial charge in [0.2, 0.25) is 10.0 Å². The molecule has 0 aliphatic rings. The van der Waals surface area contributed by atoms with Crippen LogP contribution in [0.1, 0.15) is 35.3 Å². The van der Waals surface area contributed by atoms with Crippen molar-refractivity contribution in [1.29, 1.82) is 0 Å². The Kier molecular flexibility index (Phi) is 8.12. The lowest BCUT2D eigenvalue weighted by Crippen LogP contribution is -2.37. The molecule has 0 atom stereocenters. The number of ether oxygens (including phenoxy) is 1. The highest BCUT2D eigenvalue weighted by atomic mass is 32.2. The number of hydrogen-bond acceptors (Lipinski definition) is 6. The van der Waals surface area contributed by atoms with Crippen molar-refractivity contribution in [2.24, 2.45) is 0 Å². The molecular weight excluding hydrogens is 434 g/mol. The fourth-order valence-corrected chi connectivity index (χ4v) is 4.00. The lowest BCUT2D eigenvalue weighted by atomic mass is 10.1. The summed E-state index contributed by atoms with van der Waals surface area (Å²) < 4.78 is 31.3. The highest BCUT2D eigenvalue weighted by Gasteiger charge is 2.24. The molecular formula is C22H27N3O6S. The van der Waals surface area contributed by atoms with Gasteiger partial charge >= 0.3 is 12.0 Å². The maximum absolute atomic E-state index is 12.6. The van der Waals surface area contributed by atoms with E-state index in [0.29, 0.717) is 5.69 Å². The number of carbonyl (C=O) groups excluding carboxylic acids is 3. The first-order chi connectivity index (χ1) is 14.9. The van der Waals surface area contributed by atoms with Crippen LogP contribution in [0.15, 0.2) is 47.4 Å². The summed E-state index contributed by atoms with van der Waals surface area (Å²) >= 11 is 0. The Morgan fingerprint density at radius 3 is 2.34 bits per heavy atom. The van der Waals surface area contributed by atoms with Crippen molar-refractivity contribution in [3.63, 3.8) is 0 Å². The zero-order chi connectivity index (χ0) is 24.1. The average Bonchev–Trinajstić information content (AvgIpc) is 2.73. The molecule has 0 bridgehead atoms. The normalized spacial score (nSPS) is 11.3. The lowest BCUT2D eigenvalue weighted by molar-refractivity contribution is -0.123. The zero-order valence-corrected chi connectivity index (χ0v) is 19.4. The van der Waals surface area contributed by atoms with Crippen molar-refractivity contribution in [2.45, 2.75) is 38.6 Å². The largest absolute Gasteiger partial charge is 0.452 e. The van der Waals surface area contributed by atoms with Crippen LogP contribution in [0, 0.1) is 13.8 Å². The van der Waals surface area contributed by atoms with Crippen molar-refractivity contribution < 1.29 is 27.5 Å². The second-order valence-corrected chi connectivity index (χ2v) is 9.52. The minimum Gasteiger partial charge on any atom is -0.452 e. The molecule has 2 aromatic carbocycles. The highest BCUT2D eigenvalue weighted by molar-refractivity contribution is 7.89. The number of amides is 3. The second-order valence-electron chi connectivity index (χ2n) is 7.52. The van der Waals surface area contributed by atoms with E-state index in [4.69, 9.17) is 4.74 Å². The molecule has 9 nitrogen and oxygen atoms in total. The minimum absolute atomic E-state index is 0.0318. The van der Waals surface area contributed by atoms with Crippen molar-refractivity contribution in [2.75, 3.05) is 19.0 Å². The summed E-state index contributed by atoms with van der Waals surface area (Å²) in [5, 5.41) is 4.58. The summed E-state index contributed by atoms with van der Waals surface area (Å²) in [5.41, 5.74) is 2.52. The SMILES string of the molecule is Cc1ccc(NC(=O)NC(=O)COC(=O)c2cccc(S(=O)(=O)N(C)C(C)C)c2)cc1C. The first-order valence-corrected chi connectivity index (χ1v) is 11.3. The molecule has 0 unspecified atom stereocenters. The molecule has 0 spiro atoms. The van der Waals surface area contributed by atoms with Crippen LogP contribution in [0.25, 0.3) is 0 Å². The van der Waals surface area contributed by atoms with Crippen molar-refractivity contribution in [1.82, 2.24) is 9.62 Å². The molecule has 10 heteroatoms. The van der Waals surface area contributed by atoms with Crippen LogP contribution in [0.4, 0.5) is 10.5 Å². The Labute approximate surface area is 187 Å². The number of sulfonamides is 1. The molecule has 3 amide bonds. The first-order valence-electron chi connectivity index (χ1n) is 9.85. The topological polar surface area (TPSA) is 122 Å². The number of rotatable bonds is 7. The number of anilines is 1. The van der Waals surface area contributed by atoms with E-state index in [0.717, 1.165) is 11.1 Å². The molecule has 2 N–H and O–H groups in total. The van der Waals surface area contributed by atoms with Crippen LogP contribution in [-0.4, -0.2) is 50.3 Å². The molecule has 172 valence electrons. The van der Waals surface area contributed by atoms with Crippen LogP contribution >= 0.6 is 0 Å². The molecule has 0 aromatic heterocycles. The Morgan fingerprint density at radius 1 is 1.03 bits per heavy atom. The number of hydrogen-bond donors (Lipinski definition) is 2. The van der Waals surface area contributed by atoms with E-state index in [9.17, 15) is 22.8 Å². The van der Waals surface area contributed by atoms with Gasteiger partial charge in [-0.1, -0.05) is 12.1 Å². The number of nitrogens with zero attached hydrogens (tertiary/aromatic N) is 1. The van der Waals surface area contributed by atoms with Crippen molar-refractivity contribution in [3.8, 4) is 0 Å². The van der Waals surface area contributed by atoms with E-state index in [2.05, 4.69) is 10.6 Å². The van der Waals surface area contributed by atoms with Gasteiger partial charge in [-0.05, 0) is 69.2 Å². The molecule has 32 heavy (non-hydrogen) atoms. The van der Waals surface area contributed by atoms with Crippen LogP contribution in [0.2, 0.25) is 0 Å². The van der Waals surface area contributed by atoms with E-state index in [1.165, 1.54) is 35.6 Å². The summed E-state index contributed by atoms with van der Waals surface area (Å²) in [6.45, 7) is 6.58. The summed E-state index contributed by atoms with van der Waals surface area (Å²) in [5.74, 6) is -1.72. The van der Waals surface area contributed by atoms with E-state index in [1.54, 1.807) is 26.0 Å². The molecule has 0 heterocycles. The third-order valence-electron chi connectivity index (χ3n) is 4.83. The third-order valence-corrected chi connectivity index (χ3v) is 6.86. The molecule has 2 aromatic rings. The van der Waals surface area contributed by atoms with Gasteiger partial charge in [0.15, 0.2) is 6.61 Å². The molecule has 0 saturated heterocycles. The average molecular weight is 462 g/mol. The number of nitrogens with one attached hydrogen (secondary N) is 2. The first kappa shape index (κ1) is 25.0. The molecule has 0 fully saturated rings. The minimum atomic E-state index is -3.78. The Bertz CT molecular complexity index is 1130. The van der Waals surface area contributed by atoms with E-state index >= 15 is 0 Å². The summed E-state index contributed by atoms with van der Waals surface area (Å²) in [6.07, 6.45) is 0. The third kappa shape index (κ3) is 6.38. The number of benzene rings is 2. The van der Waals surface area contributed by atoms with Gasteiger partial charge in [-0.25, -0.2) is 18.0 Å².